The molecule has 3 heterocycles. The molecule has 2 saturated heterocycles. The van der Waals surface area contributed by atoms with E-state index in [0.29, 0.717) is 11.4 Å². The number of amides is 6. The number of urea groups is 1. The summed E-state index contributed by atoms with van der Waals surface area (Å²) >= 11 is 1.05. The minimum atomic E-state index is -5.38. The second kappa shape index (κ2) is 15.8. The molecule has 1 unspecified atom stereocenters. The molecule has 2 aliphatic rings. The second-order valence-corrected chi connectivity index (χ2v) is 11.7. The van der Waals surface area contributed by atoms with Gasteiger partial charge in [-0.1, -0.05) is 45.1 Å². The van der Waals surface area contributed by atoms with Crippen molar-refractivity contribution in [1.29, 1.82) is 0 Å². The molecule has 6 amide bonds. The molecule has 15 nitrogen and oxygen atoms in total. The van der Waals surface area contributed by atoms with Crippen molar-refractivity contribution in [2.45, 2.75) is 63.6 Å². The summed E-state index contributed by atoms with van der Waals surface area (Å²) in [6.45, 7) is 2.52. The van der Waals surface area contributed by atoms with Crippen LogP contribution in [0, 0.1) is 0 Å². The van der Waals surface area contributed by atoms with Crippen LogP contribution in [0.3, 0.4) is 0 Å². The molecule has 1 aromatic heterocycles. The van der Waals surface area contributed by atoms with E-state index in [-0.39, 0.29) is 51.8 Å². The minimum Gasteiger partial charge on any atom is -0.731 e. The summed E-state index contributed by atoms with van der Waals surface area (Å²) in [7, 11) is -4.48. The van der Waals surface area contributed by atoms with Gasteiger partial charge in [0.25, 0.3) is 5.91 Å². The molecule has 42 heavy (non-hydrogen) atoms. The summed E-state index contributed by atoms with van der Waals surface area (Å²) in [5.41, 5.74) is 0. The number of rotatable bonds is 13. The van der Waals surface area contributed by atoms with E-state index < -0.39 is 64.1 Å². The number of nitrogens with one attached hydrogen (secondary N) is 2. The van der Waals surface area contributed by atoms with Crippen LogP contribution in [0.2, 0.25) is 0 Å². The molecule has 0 radical (unpaired) electrons. The third kappa shape index (κ3) is 8.29. The van der Waals surface area contributed by atoms with Gasteiger partial charge in [-0.05, 0) is 17.9 Å². The Bertz CT molecular complexity index is 1280. The average molecular weight is 638 g/mol. The van der Waals surface area contributed by atoms with Crippen molar-refractivity contribution in [1.82, 2.24) is 24.7 Å². The van der Waals surface area contributed by atoms with Crippen LogP contribution in [-0.4, -0.2) is 102 Å². The van der Waals surface area contributed by atoms with Crippen LogP contribution in [-0.2, 0) is 39.0 Å². The fraction of sp³-hybridized carbons (Fsp3) is 0.583. The predicted octanol–water partition coefficient (Wildman–Crippen LogP) is -3.14. The first-order chi connectivity index (χ1) is 19.4. The molecule has 0 saturated carbocycles. The Hall–Kier alpha value is -2.57. The van der Waals surface area contributed by atoms with Crippen molar-refractivity contribution < 1.29 is 76.0 Å². The zero-order valence-corrected chi connectivity index (χ0v) is 27.2. The van der Waals surface area contributed by atoms with Gasteiger partial charge in [-0.15, -0.1) is 11.3 Å². The number of carbonyl (C=O) groups excluding carboxylic acids is 6. The van der Waals surface area contributed by atoms with E-state index >= 15 is 0 Å². The second-order valence-electron chi connectivity index (χ2n) is 9.46. The molecule has 0 aliphatic carbocycles. The van der Waals surface area contributed by atoms with Crippen LogP contribution < -0.4 is 40.2 Å². The summed E-state index contributed by atoms with van der Waals surface area (Å²) in [5, 5.41) is 6.14. The summed E-state index contributed by atoms with van der Waals surface area (Å²) in [4.78, 5) is 78.4. The van der Waals surface area contributed by atoms with Gasteiger partial charge in [0.05, 0.1) is 7.11 Å². The Labute approximate surface area is 269 Å². The molecule has 0 aromatic carbocycles. The first kappa shape index (κ1) is 35.6. The maximum atomic E-state index is 13.2. The topological polar surface area (TPSA) is 203 Å². The normalized spacial score (nSPS) is 19.5. The zero-order chi connectivity index (χ0) is 30.3. The number of β-lactam (4-membered cyclic amide) rings is 1. The number of piperazine rings is 1. The van der Waals surface area contributed by atoms with Crippen LogP contribution >= 0.6 is 11.3 Å². The fourth-order valence-electron chi connectivity index (χ4n) is 4.53. The molecule has 226 valence electrons. The van der Waals surface area contributed by atoms with E-state index in [0.717, 1.165) is 57.0 Å². The fourth-order valence-corrected chi connectivity index (χ4v) is 6.12. The number of hydrogen-bond donors (Lipinski definition) is 2. The third-order valence-corrected chi connectivity index (χ3v) is 8.55. The van der Waals surface area contributed by atoms with Gasteiger partial charge in [0.2, 0.25) is 5.91 Å². The van der Waals surface area contributed by atoms with Crippen molar-refractivity contribution in [3.05, 3.63) is 22.4 Å². The van der Waals surface area contributed by atoms with Crippen LogP contribution in [0.1, 0.15) is 56.4 Å². The Kier molecular flexibility index (Phi) is 13.4. The SMILES string of the molecule is CCCCCCCCN1CCN(C(=O)NC(C(=O)N[C@H]2C(=O)N(S(=O)(=O)[O-])[C@H]2C(=O)OC)c2cccs2)C(=O)C1=O.[Na+]. The number of carbonyl (C=O) groups is 6. The number of nitrogens with zero attached hydrogens (tertiary/aromatic N) is 3. The van der Waals surface area contributed by atoms with Crippen LogP contribution in [0.25, 0.3) is 0 Å². The summed E-state index contributed by atoms with van der Waals surface area (Å²) in [5.74, 6) is -5.54. The number of unbranched alkanes of at least 4 members (excludes halogenated alkanes) is 5. The maximum absolute atomic E-state index is 13.2. The first-order valence-electron chi connectivity index (χ1n) is 13.0. The van der Waals surface area contributed by atoms with Crippen molar-refractivity contribution in [3.8, 4) is 0 Å². The van der Waals surface area contributed by atoms with E-state index in [9.17, 15) is 41.7 Å². The van der Waals surface area contributed by atoms with Crippen LogP contribution in [0.5, 0.6) is 0 Å². The third-order valence-electron chi connectivity index (χ3n) is 6.73. The van der Waals surface area contributed by atoms with Gasteiger partial charge in [-0.2, -0.15) is 0 Å². The molecule has 2 N–H and O–H groups in total. The van der Waals surface area contributed by atoms with Crippen molar-refractivity contribution in [2.75, 3.05) is 26.7 Å². The number of thiophene rings is 1. The molecular weight excluding hydrogens is 605 g/mol. The molecule has 1 aromatic rings. The largest absolute Gasteiger partial charge is 1.00 e. The Balaban J connectivity index is 0.00000616. The maximum Gasteiger partial charge on any atom is 1.00 e. The number of esters is 1. The molecular formula is C24H32N5NaO10S2. The van der Waals surface area contributed by atoms with Gasteiger partial charge in [0.1, 0.15) is 12.1 Å². The first-order valence-corrected chi connectivity index (χ1v) is 15.3. The van der Waals surface area contributed by atoms with Crippen molar-refractivity contribution in [2.24, 2.45) is 0 Å². The van der Waals surface area contributed by atoms with Crippen molar-refractivity contribution in [3.63, 3.8) is 0 Å². The Morgan fingerprint density at radius 3 is 2.36 bits per heavy atom. The van der Waals surface area contributed by atoms with E-state index in [1.54, 1.807) is 11.4 Å². The summed E-state index contributed by atoms with van der Waals surface area (Å²) in [6.07, 6.45) is 6.03. The van der Waals surface area contributed by atoms with E-state index in [2.05, 4.69) is 22.3 Å². The minimum absolute atomic E-state index is 0. The molecule has 0 bridgehead atoms. The number of methoxy groups -OCH3 is 1. The standard InChI is InChI=1S/C24H33N5O10S2.Na/c1-3-4-5-6-7-8-11-27-12-13-28(22(33)21(27)32)24(35)26-16(15-10-9-14-40-15)19(30)25-17-18(23(34)39-2)29(20(17)31)41(36,37)38;/h9-10,14,16-18H,3-8,11-13H2,1-2H3,(H,25,30)(H,26,35)(H,36,37,38);/q;+1/p-1/t16?,17-,18-;/m1./s1. The van der Waals surface area contributed by atoms with E-state index in [1.165, 1.54) is 11.0 Å². The summed E-state index contributed by atoms with van der Waals surface area (Å²) < 4.78 is 38.5. The molecule has 3 atom stereocenters. The van der Waals surface area contributed by atoms with Gasteiger partial charge >= 0.3 is 53.4 Å². The average Bonchev–Trinajstić information content (AvgIpc) is 3.46. The molecule has 18 heteroatoms. The summed E-state index contributed by atoms with van der Waals surface area (Å²) in [6, 6.07) is -3.17. The molecule has 0 spiro atoms. The monoisotopic (exact) mass is 637 g/mol. The number of hydrogen-bond acceptors (Lipinski definition) is 11. The smallest absolute Gasteiger partial charge is 0.731 e. The van der Waals surface area contributed by atoms with Gasteiger partial charge in [-0.25, -0.2) is 22.3 Å². The Morgan fingerprint density at radius 2 is 1.76 bits per heavy atom. The van der Waals surface area contributed by atoms with Gasteiger partial charge in [-0.3, -0.25) is 24.1 Å². The number of imide groups is 1. The zero-order valence-electron chi connectivity index (χ0n) is 23.6. The van der Waals surface area contributed by atoms with E-state index in [4.69, 9.17) is 0 Å². The van der Waals surface area contributed by atoms with Gasteiger partial charge in [0.15, 0.2) is 16.3 Å². The van der Waals surface area contributed by atoms with E-state index in [1.807, 2.05) is 0 Å². The molecule has 2 fully saturated rings. The Morgan fingerprint density at radius 1 is 1.10 bits per heavy atom. The number of ether oxygens (including phenoxy) is 1. The van der Waals surface area contributed by atoms with Gasteiger partial charge in [0, 0.05) is 24.5 Å². The molecule has 2 aliphatic heterocycles. The quantitative estimate of drug-likeness (QED) is 0.0556. The molecule has 3 rings (SSSR count). The predicted molar refractivity (Wildman–Crippen MR) is 142 cm³/mol. The van der Waals surface area contributed by atoms with Crippen molar-refractivity contribution >= 4 is 57.3 Å². The van der Waals surface area contributed by atoms with Crippen LogP contribution in [0.4, 0.5) is 4.79 Å². The van der Waals surface area contributed by atoms with Gasteiger partial charge < -0.3 is 24.8 Å². The van der Waals surface area contributed by atoms with Crippen LogP contribution in [0.15, 0.2) is 17.5 Å².